The maximum atomic E-state index is 12.2. The number of carbonyl (C=O) groups excluding carboxylic acids is 2. The van der Waals surface area contributed by atoms with Crippen molar-refractivity contribution in [2.45, 2.75) is 6.92 Å². The largest absolute Gasteiger partial charge is 0.478 e. The summed E-state index contributed by atoms with van der Waals surface area (Å²) < 4.78 is 15.0. The first-order chi connectivity index (χ1) is 15.3. The second kappa shape index (κ2) is 9.98. The molecule has 0 spiro atoms. The van der Waals surface area contributed by atoms with Crippen LogP contribution in [0, 0.1) is 0 Å². The number of amides is 1. The second-order valence-electron chi connectivity index (χ2n) is 6.51. The van der Waals surface area contributed by atoms with Crippen molar-refractivity contribution in [2.24, 2.45) is 0 Å². The number of anilines is 2. The number of nitrogen functional groups attached to an aromatic ring is 1. The van der Waals surface area contributed by atoms with Gasteiger partial charge in [0.15, 0.2) is 11.5 Å². The minimum Gasteiger partial charge on any atom is -0.478 e. The summed E-state index contributed by atoms with van der Waals surface area (Å²) in [7, 11) is 0. The molecule has 32 heavy (non-hydrogen) atoms. The van der Waals surface area contributed by atoms with Gasteiger partial charge in [0.2, 0.25) is 6.79 Å². The fourth-order valence-corrected chi connectivity index (χ4v) is 2.76. The van der Waals surface area contributed by atoms with Crippen LogP contribution in [-0.4, -0.2) is 29.7 Å². The highest BCUT2D eigenvalue weighted by atomic mass is 16.7. The Balaban J connectivity index is 0.000000204. The van der Waals surface area contributed by atoms with E-state index in [1.54, 1.807) is 60.7 Å². The Labute approximate surface area is 183 Å². The maximum absolute atomic E-state index is 12.2. The normalized spacial score (nSPS) is 11.0. The van der Waals surface area contributed by atoms with E-state index < -0.39 is 11.9 Å². The van der Waals surface area contributed by atoms with E-state index in [1.807, 2.05) is 0 Å². The van der Waals surface area contributed by atoms with Crippen LogP contribution in [0.4, 0.5) is 11.4 Å². The predicted octanol–water partition coefficient (Wildman–Crippen LogP) is 3.56. The molecule has 0 aromatic heterocycles. The van der Waals surface area contributed by atoms with Gasteiger partial charge in [0.1, 0.15) is 11.3 Å². The van der Waals surface area contributed by atoms with Gasteiger partial charge in [-0.3, -0.25) is 9.59 Å². The lowest BCUT2D eigenvalue weighted by atomic mass is 10.2. The standard InChI is InChI=1S/C15H14N2O3.C8H6O4/c1-10(18)20-14-5-3-2-4-13(14)15(19)17-12-8-6-11(16)7-9-12;9-8(10)5-2-1-3-6-7(5)12-4-11-6/h2-9H,16H2,1H3,(H,17,19);1-3H,4H2,(H,9,10). The molecule has 1 amide bonds. The lowest BCUT2D eigenvalue weighted by Gasteiger charge is -2.09. The molecule has 9 nitrogen and oxygen atoms in total. The number of nitrogens with two attached hydrogens (primary N) is 1. The van der Waals surface area contributed by atoms with Crippen molar-refractivity contribution in [1.29, 1.82) is 0 Å². The van der Waals surface area contributed by atoms with Crippen molar-refractivity contribution in [2.75, 3.05) is 17.8 Å². The fourth-order valence-electron chi connectivity index (χ4n) is 2.76. The summed E-state index contributed by atoms with van der Waals surface area (Å²) in [5.74, 6) is -0.783. The monoisotopic (exact) mass is 436 g/mol. The SMILES string of the molecule is CC(=O)Oc1ccccc1C(=O)Nc1ccc(N)cc1.O=C(O)c1cccc2c1OCO2. The molecule has 3 aromatic carbocycles. The molecule has 9 heteroatoms. The smallest absolute Gasteiger partial charge is 0.339 e. The van der Waals surface area contributed by atoms with Crippen LogP contribution in [0.3, 0.4) is 0 Å². The molecule has 0 bridgehead atoms. The lowest BCUT2D eigenvalue weighted by molar-refractivity contribution is -0.131. The molecule has 1 heterocycles. The van der Waals surface area contributed by atoms with Crippen molar-refractivity contribution >= 4 is 29.2 Å². The highest BCUT2D eigenvalue weighted by molar-refractivity contribution is 6.06. The number of ether oxygens (including phenoxy) is 3. The van der Waals surface area contributed by atoms with Gasteiger partial charge in [-0.2, -0.15) is 0 Å². The van der Waals surface area contributed by atoms with E-state index in [0.29, 0.717) is 28.4 Å². The van der Waals surface area contributed by atoms with Crippen molar-refractivity contribution in [1.82, 2.24) is 0 Å². The first kappa shape index (κ1) is 22.2. The van der Waals surface area contributed by atoms with E-state index in [1.165, 1.54) is 13.0 Å². The summed E-state index contributed by atoms with van der Waals surface area (Å²) >= 11 is 0. The third kappa shape index (κ3) is 5.54. The topological polar surface area (TPSA) is 137 Å². The van der Waals surface area contributed by atoms with Gasteiger partial charge >= 0.3 is 11.9 Å². The fraction of sp³-hybridized carbons (Fsp3) is 0.0870. The van der Waals surface area contributed by atoms with Gasteiger partial charge in [-0.1, -0.05) is 18.2 Å². The number of para-hydroxylation sites is 2. The van der Waals surface area contributed by atoms with Gasteiger partial charge in [-0.05, 0) is 48.5 Å². The summed E-state index contributed by atoms with van der Waals surface area (Å²) in [5, 5.41) is 11.4. The summed E-state index contributed by atoms with van der Waals surface area (Å²) in [6, 6.07) is 18.1. The molecule has 0 atom stereocenters. The van der Waals surface area contributed by atoms with E-state index in [2.05, 4.69) is 5.32 Å². The van der Waals surface area contributed by atoms with Gasteiger partial charge < -0.3 is 30.4 Å². The molecule has 1 aliphatic rings. The maximum Gasteiger partial charge on any atom is 0.339 e. The average Bonchev–Trinajstić information content (AvgIpc) is 3.24. The molecule has 4 rings (SSSR count). The van der Waals surface area contributed by atoms with Crippen LogP contribution in [0.5, 0.6) is 17.2 Å². The number of nitrogens with one attached hydrogen (secondary N) is 1. The summed E-state index contributed by atoms with van der Waals surface area (Å²) in [5.41, 5.74) is 7.24. The Morgan fingerprint density at radius 2 is 1.62 bits per heavy atom. The summed E-state index contributed by atoms with van der Waals surface area (Å²) in [4.78, 5) is 33.8. The van der Waals surface area contributed by atoms with Crippen LogP contribution in [0.15, 0.2) is 66.7 Å². The zero-order valence-corrected chi connectivity index (χ0v) is 17.0. The Morgan fingerprint density at radius 1 is 0.938 bits per heavy atom. The Morgan fingerprint density at radius 3 is 2.31 bits per heavy atom. The minimum absolute atomic E-state index is 0.0969. The number of hydrogen-bond donors (Lipinski definition) is 3. The number of rotatable bonds is 4. The highest BCUT2D eigenvalue weighted by Crippen LogP contribution is 2.35. The van der Waals surface area contributed by atoms with Crippen molar-refractivity contribution < 1.29 is 33.7 Å². The number of benzene rings is 3. The van der Waals surface area contributed by atoms with Gasteiger partial charge in [-0.15, -0.1) is 0 Å². The van der Waals surface area contributed by atoms with Crippen LogP contribution in [-0.2, 0) is 4.79 Å². The number of fused-ring (bicyclic) bond motifs is 1. The average molecular weight is 436 g/mol. The van der Waals surface area contributed by atoms with Gasteiger partial charge in [0.05, 0.1) is 5.56 Å². The first-order valence-corrected chi connectivity index (χ1v) is 9.41. The molecule has 0 radical (unpaired) electrons. The molecule has 0 saturated heterocycles. The van der Waals surface area contributed by atoms with Gasteiger partial charge in [0.25, 0.3) is 5.91 Å². The molecule has 164 valence electrons. The molecule has 3 aromatic rings. The Bertz CT molecular complexity index is 1140. The molecular weight excluding hydrogens is 416 g/mol. The van der Waals surface area contributed by atoms with Gasteiger partial charge in [0, 0.05) is 18.3 Å². The zero-order chi connectivity index (χ0) is 23.1. The molecule has 1 aliphatic heterocycles. The van der Waals surface area contributed by atoms with Crippen LogP contribution in [0.25, 0.3) is 0 Å². The highest BCUT2D eigenvalue weighted by Gasteiger charge is 2.20. The number of aromatic carboxylic acids is 1. The second-order valence-corrected chi connectivity index (χ2v) is 6.51. The summed E-state index contributed by atoms with van der Waals surface area (Å²) in [6.45, 7) is 1.38. The molecule has 0 saturated carbocycles. The van der Waals surface area contributed by atoms with E-state index in [0.717, 1.165) is 0 Å². The minimum atomic E-state index is -1.00. The molecular formula is C23H20N2O7. The van der Waals surface area contributed by atoms with E-state index >= 15 is 0 Å². The quantitative estimate of drug-likeness (QED) is 0.321. The molecule has 4 N–H and O–H groups in total. The van der Waals surface area contributed by atoms with Crippen molar-refractivity contribution in [3.63, 3.8) is 0 Å². The van der Waals surface area contributed by atoms with Crippen LogP contribution in [0.2, 0.25) is 0 Å². The van der Waals surface area contributed by atoms with Crippen LogP contribution < -0.4 is 25.3 Å². The lowest BCUT2D eigenvalue weighted by Crippen LogP contribution is -2.14. The van der Waals surface area contributed by atoms with Crippen molar-refractivity contribution in [3.05, 3.63) is 77.9 Å². The number of carboxylic acid groups (broad SMARTS) is 1. The van der Waals surface area contributed by atoms with E-state index in [4.69, 9.17) is 25.1 Å². The van der Waals surface area contributed by atoms with E-state index in [9.17, 15) is 14.4 Å². The van der Waals surface area contributed by atoms with Crippen LogP contribution in [0.1, 0.15) is 27.6 Å². The van der Waals surface area contributed by atoms with Crippen LogP contribution >= 0.6 is 0 Å². The molecule has 0 aliphatic carbocycles. The van der Waals surface area contributed by atoms with E-state index in [-0.39, 0.29) is 24.0 Å². The first-order valence-electron chi connectivity index (χ1n) is 9.41. The molecule has 0 fully saturated rings. The van der Waals surface area contributed by atoms with Gasteiger partial charge in [-0.25, -0.2) is 4.79 Å². The summed E-state index contributed by atoms with van der Waals surface area (Å²) in [6.07, 6.45) is 0. The third-order valence-electron chi connectivity index (χ3n) is 4.18. The number of carboxylic acids is 1. The van der Waals surface area contributed by atoms with Crippen molar-refractivity contribution in [3.8, 4) is 17.2 Å². The zero-order valence-electron chi connectivity index (χ0n) is 17.0. The molecule has 0 unspecified atom stereocenters. The Kier molecular flexibility index (Phi) is 6.92. The number of carbonyl (C=O) groups is 3. The predicted molar refractivity (Wildman–Crippen MR) is 116 cm³/mol. The third-order valence-corrected chi connectivity index (χ3v) is 4.18. The Hall–Kier alpha value is -4.53. The number of esters is 1. The number of hydrogen-bond acceptors (Lipinski definition) is 7.